The summed E-state index contributed by atoms with van der Waals surface area (Å²) in [6.07, 6.45) is 4.09. The molecule has 1 saturated heterocycles. The first kappa shape index (κ1) is 16.7. The molecule has 6 heteroatoms. The number of hydrogen-bond donors (Lipinski definition) is 1. The van der Waals surface area contributed by atoms with Crippen molar-refractivity contribution in [3.05, 3.63) is 28.8 Å². The molecule has 1 unspecified atom stereocenters. The summed E-state index contributed by atoms with van der Waals surface area (Å²) in [6, 6.07) is 4.78. The number of halogens is 1. The molecule has 1 aliphatic heterocycles. The van der Waals surface area contributed by atoms with Crippen LogP contribution in [-0.4, -0.2) is 25.8 Å². The summed E-state index contributed by atoms with van der Waals surface area (Å²) in [4.78, 5) is 0.294. The van der Waals surface area contributed by atoms with Crippen molar-refractivity contribution in [2.45, 2.75) is 44.0 Å². The van der Waals surface area contributed by atoms with Crippen molar-refractivity contribution in [1.29, 1.82) is 0 Å². The van der Waals surface area contributed by atoms with Crippen molar-refractivity contribution < 1.29 is 8.42 Å². The van der Waals surface area contributed by atoms with E-state index in [1.54, 1.807) is 22.5 Å². The number of rotatable bonds is 4. The van der Waals surface area contributed by atoms with Crippen molar-refractivity contribution in [3.63, 3.8) is 0 Å². The normalized spacial score (nSPS) is 21.2. The molecule has 21 heavy (non-hydrogen) atoms. The van der Waals surface area contributed by atoms with Crippen LogP contribution >= 0.6 is 11.6 Å². The molecule has 2 N–H and O–H groups in total. The van der Waals surface area contributed by atoms with E-state index in [1.807, 2.05) is 0 Å². The van der Waals surface area contributed by atoms with E-state index < -0.39 is 10.0 Å². The summed E-state index contributed by atoms with van der Waals surface area (Å²) >= 11 is 6.01. The molecule has 0 radical (unpaired) electrons. The van der Waals surface area contributed by atoms with Crippen LogP contribution in [0, 0.1) is 5.92 Å². The van der Waals surface area contributed by atoms with Gasteiger partial charge in [-0.1, -0.05) is 24.9 Å². The second kappa shape index (κ2) is 7.09. The van der Waals surface area contributed by atoms with E-state index in [0.29, 0.717) is 34.5 Å². The second-order valence-electron chi connectivity index (χ2n) is 5.57. The predicted molar refractivity (Wildman–Crippen MR) is 85.7 cm³/mol. The zero-order valence-corrected chi connectivity index (χ0v) is 14.0. The zero-order valence-electron chi connectivity index (χ0n) is 12.4. The fourth-order valence-corrected chi connectivity index (χ4v) is 4.54. The van der Waals surface area contributed by atoms with Gasteiger partial charge >= 0.3 is 0 Å². The summed E-state index contributed by atoms with van der Waals surface area (Å²) < 4.78 is 27.1. The first-order valence-corrected chi connectivity index (χ1v) is 9.29. The van der Waals surface area contributed by atoms with Crippen molar-refractivity contribution in [3.8, 4) is 0 Å². The SMILES string of the molecule is CCC1CCCN(S(=O)(=O)c2ccc(Cl)c(CN)c2)CC1. The number of benzene rings is 1. The lowest BCUT2D eigenvalue weighted by atomic mass is 9.98. The topological polar surface area (TPSA) is 63.4 Å². The fourth-order valence-electron chi connectivity index (χ4n) is 2.80. The third-order valence-electron chi connectivity index (χ3n) is 4.26. The van der Waals surface area contributed by atoms with Crippen molar-refractivity contribution in [1.82, 2.24) is 4.31 Å². The maximum Gasteiger partial charge on any atom is 0.243 e. The first-order valence-electron chi connectivity index (χ1n) is 7.47. The molecule has 1 aromatic carbocycles. The van der Waals surface area contributed by atoms with Crippen LogP contribution in [0.1, 0.15) is 38.2 Å². The third-order valence-corrected chi connectivity index (χ3v) is 6.52. The molecule has 0 spiro atoms. The fraction of sp³-hybridized carbons (Fsp3) is 0.600. The van der Waals surface area contributed by atoms with E-state index in [2.05, 4.69) is 6.92 Å². The molecular formula is C15H23ClN2O2S. The summed E-state index contributed by atoms with van der Waals surface area (Å²) in [5.74, 6) is 0.634. The van der Waals surface area contributed by atoms with Gasteiger partial charge in [0.05, 0.1) is 4.90 Å². The molecule has 1 fully saturated rings. The lowest BCUT2D eigenvalue weighted by Crippen LogP contribution is -2.32. The second-order valence-corrected chi connectivity index (χ2v) is 7.91. The molecule has 2 rings (SSSR count). The highest BCUT2D eigenvalue weighted by molar-refractivity contribution is 7.89. The molecule has 1 atom stereocenters. The van der Waals surface area contributed by atoms with E-state index in [4.69, 9.17) is 17.3 Å². The number of hydrogen-bond acceptors (Lipinski definition) is 3. The minimum absolute atomic E-state index is 0.236. The van der Waals surface area contributed by atoms with Gasteiger partial charge in [0, 0.05) is 24.7 Å². The number of sulfonamides is 1. The van der Waals surface area contributed by atoms with Crippen LogP contribution in [0.3, 0.4) is 0 Å². The Morgan fingerprint density at radius 3 is 2.76 bits per heavy atom. The van der Waals surface area contributed by atoms with Crippen LogP contribution < -0.4 is 5.73 Å². The molecule has 0 aliphatic carbocycles. The Morgan fingerprint density at radius 2 is 2.10 bits per heavy atom. The lowest BCUT2D eigenvalue weighted by Gasteiger charge is -2.20. The van der Waals surface area contributed by atoms with E-state index in [9.17, 15) is 8.42 Å². The maximum atomic E-state index is 12.8. The van der Waals surface area contributed by atoms with E-state index >= 15 is 0 Å². The summed E-state index contributed by atoms with van der Waals surface area (Å²) in [6.45, 7) is 3.60. The van der Waals surface area contributed by atoms with Crippen molar-refractivity contribution in [2.24, 2.45) is 11.7 Å². The first-order chi connectivity index (χ1) is 9.98. The smallest absolute Gasteiger partial charge is 0.243 e. The molecule has 0 amide bonds. The highest BCUT2D eigenvalue weighted by atomic mass is 35.5. The number of nitrogens with zero attached hydrogens (tertiary/aromatic N) is 1. The molecular weight excluding hydrogens is 308 g/mol. The average molecular weight is 331 g/mol. The van der Waals surface area contributed by atoms with Crippen LogP contribution in [-0.2, 0) is 16.6 Å². The monoisotopic (exact) mass is 330 g/mol. The maximum absolute atomic E-state index is 12.8. The summed E-state index contributed by atoms with van der Waals surface area (Å²) in [5, 5.41) is 0.512. The minimum Gasteiger partial charge on any atom is -0.326 e. The molecule has 0 bridgehead atoms. The van der Waals surface area contributed by atoms with E-state index in [0.717, 1.165) is 25.7 Å². The highest BCUT2D eigenvalue weighted by Crippen LogP contribution is 2.27. The molecule has 1 aliphatic rings. The Hall–Kier alpha value is -0.620. The van der Waals surface area contributed by atoms with Gasteiger partial charge in [-0.2, -0.15) is 4.31 Å². The Balaban J connectivity index is 2.25. The largest absolute Gasteiger partial charge is 0.326 e. The number of nitrogens with two attached hydrogens (primary N) is 1. The molecule has 4 nitrogen and oxygen atoms in total. The average Bonchev–Trinajstić information content (AvgIpc) is 2.73. The molecule has 1 aromatic rings. The van der Waals surface area contributed by atoms with E-state index in [-0.39, 0.29) is 6.54 Å². The van der Waals surface area contributed by atoms with Gasteiger partial charge in [-0.25, -0.2) is 8.42 Å². The van der Waals surface area contributed by atoms with Gasteiger partial charge in [0.2, 0.25) is 10.0 Å². The molecule has 0 aromatic heterocycles. The minimum atomic E-state index is -3.45. The Kier molecular flexibility index (Phi) is 5.66. The van der Waals surface area contributed by atoms with Gasteiger partial charge in [-0.15, -0.1) is 0 Å². The van der Waals surface area contributed by atoms with Gasteiger partial charge < -0.3 is 5.73 Å². The quantitative estimate of drug-likeness (QED) is 0.923. The van der Waals surface area contributed by atoms with Gasteiger partial charge in [-0.05, 0) is 48.9 Å². The summed E-state index contributed by atoms with van der Waals surface area (Å²) in [7, 11) is -3.45. The Labute approximate surface area is 132 Å². The van der Waals surface area contributed by atoms with E-state index in [1.165, 1.54) is 0 Å². The predicted octanol–water partition coefficient (Wildman–Crippen LogP) is 3.00. The standard InChI is InChI=1S/C15H23ClN2O2S/c1-2-12-4-3-8-18(9-7-12)21(19,20)14-5-6-15(16)13(10-14)11-17/h5-6,10,12H,2-4,7-9,11,17H2,1H3. The Bertz CT molecular complexity index is 589. The molecule has 1 heterocycles. The van der Waals surface area contributed by atoms with Crippen molar-refractivity contribution in [2.75, 3.05) is 13.1 Å². The lowest BCUT2D eigenvalue weighted by molar-refractivity contribution is 0.407. The van der Waals surface area contributed by atoms with Gasteiger partial charge in [0.1, 0.15) is 0 Å². The Morgan fingerprint density at radius 1 is 1.33 bits per heavy atom. The van der Waals surface area contributed by atoms with Crippen molar-refractivity contribution >= 4 is 21.6 Å². The summed E-state index contributed by atoms with van der Waals surface area (Å²) in [5.41, 5.74) is 6.28. The van der Waals surface area contributed by atoms with Crippen LogP contribution in [0.2, 0.25) is 5.02 Å². The van der Waals surface area contributed by atoms with Gasteiger partial charge in [0.25, 0.3) is 0 Å². The van der Waals surface area contributed by atoms with Crippen LogP contribution in [0.15, 0.2) is 23.1 Å². The van der Waals surface area contributed by atoms with Crippen LogP contribution in [0.25, 0.3) is 0 Å². The zero-order chi connectivity index (χ0) is 15.5. The van der Waals surface area contributed by atoms with Gasteiger partial charge in [-0.3, -0.25) is 0 Å². The van der Waals surface area contributed by atoms with Crippen LogP contribution in [0.4, 0.5) is 0 Å². The third kappa shape index (κ3) is 3.77. The van der Waals surface area contributed by atoms with Gasteiger partial charge in [0.15, 0.2) is 0 Å². The molecule has 118 valence electrons. The molecule has 0 saturated carbocycles. The van der Waals surface area contributed by atoms with Crippen LogP contribution in [0.5, 0.6) is 0 Å². The highest BCUT2D eigenvalue weighted by Gasteiger charge is 2.27.